The molecule has 0 bridgehead atoms. The zero-order valence-corrected chi connectivity index (χ0v) is 6.00. The normalized spacial score (nSPS) is 0. The summed E-state index contributed by atoms with van der Waals surface area (Å²) in [5.41, 5.74) is 0. The average molecular weight is 65.9 g/mol. The largest absolute Gasteiger partial charge is 1.00 e. The van der Waals surface area contributed by atoms with E-state index in [0.717, 1.165) is 0 Å². The Morgan fingerprint density at radius 1 is 0.333 bits per heavy atom. The fraction of sp³-hybridized carbons (Fsp3) is 0. The first kappa shape index (κ1) is 112. The van der Waals surface area contributed by atoms with Crippen LogP contribution in [0.4, 0.5) is 0 Å². The molecule has 0 heterocycles. The van der Waals surface area contributed by atoms with Crippen LogP contribution < -0.4 is 56.6 Å². The zero-order chi connectivity index (χ0) is 0. The number of hydrogen-bond donors (Lipinski definition) is 0. The van der Waals surface area contributed by atoms with E-state index in [1.807, 2.05) is 0 Å². The third-order valence-corrected chi connectivity index (χ3v) is 0. The summed E-state index contributed by atoms with van der Waals surface area (Å²) in [6.07, 6.45) is 0. The minimum Gasteiger partial charge on any atom is -0.358 e. The van der Waals surface area contributed by atoms with Gasteiger partial charge in [-0.2, -0.15) is 0 Å². The van der Waals surface area contributed by atoms with Crippen molar-refractivity contribution in [2.45, 2.75) is 0 Å². The SMILES string of the molecule is [CH3-].[CH3-].[CH3-].[Li+].[Li+].[Li+]. The van der Waals surface area contributed by atoms with Gasteiger partial charge in [-0.25, -0.2) is 0 Å². The van der Waals surface area contributed by atoms with Crippen molar-refractivity contribution in [3.8, 4) is 0 Å². The second-order valence-corrected chi connectivity index (χ2v) is 0. The predicted molar refractivity (Wildman–Crippen MR) is 19.2 cm³/mol. The van der Waals surface area contributed by atoms with Crippen LogP contribution in [0.15, 0.2) is 0 Å². The van der Waals surface area contributed by atoms with Crippen molar-refractivity contribution in [1.29, 1.82) is 0 Å². The van der Waals surface area contributed by atoms with E-state index < -0.39 is 0 Å². The second-order valence-electron chi connectivity index (χ2n) is 0. The van der Waals surface area contributed by atoms with Crippen LogP contribution in [0.1, 0.15) is 0 Å². The molecule has 0 atom stereocenters. The maximum Gasteiger partial charge on any atom is 1.00 e. The average Bonchev–Trinajstić information content (AvgIpc) is 0. The van der Waals surface area contributed by atoms with E-state index >= 15 is 0 Å². The van der Waals surface area contributed by atoms with Crippen LogP contribution in [0.2, 0.25) is 0 Å². The Balaban J connectivity index is 0. The van der Waals surface area contributed by atoms with Gasteiger partial charge in [0.05, 0.1) is 0 Å². The van der Waals surface area contributed by atoms with Gasteiger partial charge in [-0.05, 0) is 0 Å². The maximum atomic E-state index is 0. The van der Waals surface area contributed by atoms with Gasteiger partial charge in [-0.3, -0.25) is 0 Å². The molecule has 0 unspecified atom stereocenters. The second kappa shape index (κ2) is 70.9. The molecule has 0 aliphatic heterocycles. The third kappa shape index (κ3) is 41.4. The van der Waals surface area contributed by atoms with Crippen molar-refractivity contribution in [3.05, 3.63) is 22.3 Å². The molecule has 0 aromatic heterocycles. The van der Waals surface area contributed by atoms with Crippen molar-refractivity contribution in [2.75, 3.05) is 0 Å². The molecule has 0 aliphatic carbocycles. The smallest absolute Gasteiger partial charge is 0.358 e. The van der Waals surface area contributed by atoms with Crippen LogP contribution in [0.25, 0.3) is 0 Å². The van der Waals surface area contributed by atoms with Crippen LogP contribution >= 0.6 is 0 Å². The minimum atomic E-state index is 0. The fourth-order valence-corrected chi connectivity index (χ4v) is 0. The molecule has 0 aromatic rings. The van der Waals surface area contributed by atoms with Gasteiger partial charge in [-0.15, -0.1) is 0 Å². The van der Waals surface area contributed by atoms with Crippen LogP contribution in [-0.4, -0.2) is 0 Å². The summed E-state index contributed by atoms with van der Waals surface area (Å²) < 4.78 is 0. The molecule has 6 heavy (non-hydrogen) atoms. The minimum absolute atomic E-state index is 0. The van der Waals surface area contributed by atoms with E-state index in [1.165, 1.54) is 0 Å². The molecule has 0 radical (unpaired) electrons. The fourth-order valence-electron chi connectivity index (χ4n) is 0. The molecule has 0 aliphatic rings. The van der Waals surface area contributed by atoms with Crippen molar-refractivity contribution in [1.82, 2.24) is 0 Å². The Kier molecular flexibility index (Phi) is 1320. The molecule has 0 saturated carbocycles. The summed E-state index contributed by atoms with van der Waals surface area (Å²) in [7, 11) is 0. The summed E-state index contributed by atoms with van der Waals surface area (Å²) in [6.45, 7) is 0. The zero-order valence-electron chi connectivity index (χ0n) is 6.00. The molecule has 0 N–H and O–H groups in total. The van der Waals surface area contributed by atoms with E-state index in [4.69, 9.17) is 0 Å². The quantitative estimate of drug-likeness (QED) is 0.194. The Hall–Kier alpha value is 1.79. The van der Waals surface area contributed by atoms with Gasteiger partial charge in [0.1, 0.15) is 0 Å². The molecule has 0 aromatic carbocycles. The van der Waals surface area contributed by atoms with Crippen LogP contribution in [-0.2, 0) is 0 Å². The Labute approximate surface area is 78.4 Å². The topological polar surface area (TPSA) is 0 Å². The molecular formula is C3H9Li3. The Morgan fingerprint density at radius 3 is 0.333 bits per heavy atom. The predicted octanol–water partition coefficient (Wildman–Crippen LogP) is -7.64. The van der Waals surface area contributed by atoms with Gasteiger partial charge in [0.2, 0.25) is 0 Å². The van der Waals surface area contributed by atoms with Gasteiger partial charge in [0.15, 0.2) is 0 Å². The van der Waals surface area contributed by atoms with Gasteiger partial charge < -0.3 is 22.3 Å². The van der Waals surface area contributed by atoms with E-state index in [-0.39, 0.29) is 78.9 Å². The molecule has 0 saturated heterocycles. The standard InChI is InChI=1S/3CH3.3Li/h3*1H3;;;/q3*-1;3*+1. The summed E-state index contributed by atoms with van der Waals surface area (Å²) >= 11 is 0. The van der Waals surface area contributed by atoms with Crippen molar-refractivity contribution in [2.24, 2.45) is 0 Å². The van der Waals surface area contributed by atoms with Crippen molar-refractivity contribution >= 4 is 0 Å². The first-order chi connectivity index (χ1) is 0. The molecule has 0 spiro atoms. The summed E-state index contributed by atoms with van der Waals surface area (Å²) in [6, 6.07) is 0. The van der Waals surface area contributed by atoms with Gasteiger partial charge in [-0.1, -0.05) is 0 Å². The summed E-state index contributed by atoms with van der Waals surface area (Å²) in [4.78, 5) is 0. The summed E-state index contributed by atoms with van der Waals surface area (Å²) in [5, 5.41) is 0. The Morgan fingerprint density at radius 2 is 0.333 bits per heavy atom. The Bertz CT molecular complexity index is 6.00. The van der Waals surface area contributed by atoms with Crippen molar-refractivity contribution < 1.29 is 56.6 Å². The first-order valence-electron chi connectivity index (χ1n) is 0. The molecule has 0 nitrogen and oxygen atoms in total. The van der Waals surface area contributed by atoms with Crippen LogP contribution in [0.5, 0.6) is 0 Å². The number of rotatable bonds is 0. The van der Waals surface area contributed by atoms with E-state index in [9.17, 15) is 0 Å². The molecule has 0 amide bonds. The first-order valence-corrected chi connectivity index (χ1v) is 0. The molecule has 24 valence electrons. The molecule has 0 rings (SSSR count). The van der Waals surface area contributed by atoms with E-state index in [1.54, 1.807) is 0 Å². The van der Waals surface area contributed by atoms with Gasteiger partial charge >= 0.3 is 56.6 Å². The molecule has 3 heteroatoms. The molecule has 0 fully saturated rings. The number of hydrogen-bond acceptors (Lipinski definition) is 0. The van der Waals surface area contributed by atoms with E-state index in [2.05, 4.69) is 0 Å². The maximum absolute atomic E-state index is 0. The third-order valence-electron chi connectivity index (χ3n) is 0. The van der Waals surface area contributed by atoms with Gasteiger partial charge in [0.25, 0.3) is 0 Å². The van der Waals surface area contributed by atoms with E-state index in [0.29, 0.717) is 0 Å². The van der Waals surface area contributed by atoms with Crippen molar-refractivity contribution in [3.63, 3.8) is 0 Å². The van der Waals surface area contributed by atoms with Crippen LogP contribution in [0.3, 0.4) is 0 Å². The monoisotopic (exact) mass is 66.1 g/mol. The van der Waals surface area contributed by atoms with Crippen LogP contribution in [0, 0.1) is 22.3 Å². The molecular weight excluding hydrogens is 56.9 g/mol. The summed E-state index contributed by atoms with van der Waals surface area (Å²) in [5.74, 6) is 0. The van der Waals surface area contributed by atoms with Gasteiger partial charge in [0, 0.05) is 0 Å².